The summed E-state index contributed by atoms with van der Waals surface area (Å²) >= 11 is 5.92. The van der Waals surface area contributed by atoms with Crippen molar-refractivity contribution < 1.29 is 14.6 Å². The second-order valence-corrected chi connectivity index (χ2v) is 5.04. The van der Waals surface area contributed by atoms with Crippen LogP contribution in [0.3, 0.4) is 0 Å². The third-order valence-electron chi connectivity index (χ3n) is 2.95. The first-order chi connectivity index (χ1) is 10.1. The summed E-state index contributed by atoms with van der Waals surface area (Å²) in [6.45, 7) is 1.70. The molecule has 110 valence electrons. The van der Waals surface area contributed by atoms with E-state index in [0.717, 1.165) is 5.56 Å². The minimum Gasteiger partial charge on any atom is -0.504 e. The summed E-state index contributed by atoms with van der Waals surface area (Å²) in [6, 6.07) is 13.6. The van der Waals surface area contributed by atoms with Crippen molar-refractivity contribution in [1.82, 2.24) is 5.32 Å². The zero-order valence-corrected chi connectivity index (χ0v) is 12.3. The van der Waals surface area contributed by atoms with Gasteiger partial charge in [0.2, 0.25) is 0 Å². The quantitative estimate of drug-likeness (QED) is 0.891. The Kier molecular flexibility index (Phi) is 5.06. The fourth-order valence-corrected chi connectivity index (χ4v) is 2.06. The van der Waals surface area contributed by atoms with Gasteiger partial charge in [-0.15, -0.1) is 0 Å². The van der Waals surface area contributed by atoms with E-state index in [9.17, 15) is 9.90 Å². The lowest BCUT2D eigenvalue weighted by Gasteiger charge is -2.15. The normalized spacial score (nSPS) is 11.7. The number of para-hydroxylation sites is 2. The van der Waals surface area contributed by atoms with E-state index in [4.69, 9.17) is 16.3 Å². The highest BCUT2D eigenvalue weighted by Gasteiger charge is 2.11. The number of halogens is 1. The summed E-state index contributed by atoms with van der Waals surface area (Å²) in [5, 5.41) is 13.0. The highest BCUT2D eigenvalue weighted by atomic mass is 35.5. The van der Waals surface area contributed by atoms with Gasteiger partial charge in [-0.25, -0.2) is 0 Å². The van der Waals surface area contributed by atoms with Crippen LogP contribution in [0.15, 0.2) is 48.5 Å². The summed E-state index contributed by atoms with van der Waals surface area (Å²) in [5.74, 6) is 0.0157. The first kappa shape index (κ1) is 15.2. The second-order valence-electron chi connectivity index (χ2n) is 4.60. The van der Waals surface area contributed by atoms with E-state index in [2.05, 4.69) is 5.32 Å². The van der Waals surface area contributed by atoms with Gasteiger partial charge in [-0.1, -0.05) is 35.9 Å². The van der Waals surface area contributed by atoms with Crippen LogP contribution in [0.4, 0.5) is 0 Å². The first-order valence-electron chi connectivity index (χ1n) is 6.52. The molecule has 0 bridgehead atoms. The summed E-state index contributed by atoms with van der Waals surface area (Å²) in [6.07, 6.45) is 0. The SMILES string of the molecule is CC(NC(=O)COc1ccccc1O)c1cccc(Cl)c1. The predicted octanol–water partition coefficient (Wildman–Crippen LogP) is 3.30. The van der Waals surface area contributed by atoms with Crippen LogP contribution >= 0.6 is 11.6 Å². The van der Waals surface area contributed by atoms with Gasteiger partial charge in [0.15, 0.2) is 18.1 Å². The molecule has 0 heterocycles. The van der Waals surface area contributed by atoms with Crippen molar-refractivity contribution in [3.05, 3.63) is 59.1 Å². The van der Waals surface area contributed by atoms with Crippen molar-refractivity contribution in [1.29, 1.82) is 0 Å². The van der Waals surface area contributed by atoms with Crippen LogP contribution in [0, 0.1) is 0 Å². The van der Waals surface area contributed by atoms with Gasteiger partial charge >= 0.3 is 0 Å². The fraction of sp³-hybridized carbons (Fsp3) is 0.188. The van der Waals surface area contributed by atoms with Crippen molar-refractivity contribution in [3.8, 4) is 11.5 Å². The van der Waals surface area contributed by atoms with Crippen molar-refractivity contribution >= 4 is 17.5 Å². The van der Waals surface area contributed by atoms with Crippen LogP contribution < -0.4 is 10.1 Å². The van der Waals surface area contributed by atoms with E-state index in [0.29, 0.717) is 5.02 Å². The summed E-state index contributed by atoms with van der Waals surface area (Å²) in [4.78, 5) is 11.8. The number of rotatable bonds is 5. The van der Waals surface area contributed by atoms with Gasteiger partial charge in [-0.3, -0.25) is 4.79 Å². The van der Waals surface area contributed by atoms with E-state index in [1.807, 2.05) is 19.1 Å². The molecule has 0 aliphatic rings. The molecule has 0 saturated carbocycles. The Morgan fingerprint density at radius 1 is 1.29 bits per heavy atom. The molecule has 0 aliphatic carbocycles. The van der Waals surface area contributed by atoms with Crippen LogP contribution in [0.5, 0.6) is 11.5 Å². The smallest absolute Gasteiger partial charge is 0.258 e. The Morgan fingerprint density at radius 3 is 2.76 bits per heavy atom. The van der Waals surface area contributed by atoms with Crippen LogP contribution in [0.25, 0.3) is 0 Å². The maximum absolute atomic E-state index is 11.8. The van der Waals surface area contributed by atoms with Crippen LogP contribution in [0.2, 0.25) is 5.02 Å². The molecule has 0 spiro atoms. The van der Waals surface area contributed by atoms with Crippen LogP contribution in [-0.2, 0) is 4.79 Å². The maximum Gasteiger partial charge on any atom is 0.258 e. The lowest BCUT2D eigenvalue weighted by atomic mass is 10.1. The van der Waals surface area contributed by atoms with Crippen molar-refractivity contribution in [2.45, 2.75) is 13.0 Å². The Hall–Kier alpha value is -2.20. The molecule has 4 nitrogen and oxygen atoms in total. The number of phenols is 1. The molecule has 2 N–H and O–H groups in total. The summed E-state index contributed by atoms with van der Waals surface area (Å²) in [7, 11) is 0. The number of hydrogen-bond acceptors (Lipinski definition) is 3. The van der Waals surface area contributed by atoms with Gasteiger partial charge in [0.05, 0.1) is 6.04 Å². The largest absolute Gasteiger partial charge is 0.504 e. The molecule has 21 heavy (non-hydrogen) atoms. The molecule has 0 aliphatic heterocycles. The highest BCUT2D eigenvalue weighted by molar-refractivity contribution is 6.30. The molecular weight excluding hydrogens is 290 g/mol. The van der Waals surface area contributed by atoms with Crippen LogP contribution in [0.1, 0.15) is 18.5 Å². The van der Waals surface area contributed by atoms with Crippen molar-refractivity contribution in [2.24, 2.45) is 0 Å². The Bertz CT molecular complexity index is 630. The molecule has 0 saturated heterocycles. The molecular formula is C16H16ClNO3. The number of amides is 1. The molecule has 5 heteroatoms. The van der Waals surface area contributed by atoms with Crippen molar-refractivity contribution in [2.75, 3.05) is 6.61 Å². The molecule has 2 aromatic rings. The minimum absolute atomic E-state index is 0.00758. The summed E-state index contributed by atoms with van der Waals surface area (Å²) in [5.41, 5.74) is 0.915. The molecule has 1 unspecified atom stereocenters. The fourth-order valence-electron chi connectivity index (χ4n) is 1.86. The third-order valence-corrected chi connectivity index (χ3v) is 3.19. The number of carbonyl (C=O) groups is 1. The van der Waals surface area contributed by atoms with Gasteiger partial charge in [-0.05, 0) is 36.8 Å². The summed E-state index contributed by atoms with van der Waals surface area (Å²) < 4.78 is 5.27. The lowest BCUT2D eigenvalue weighted by Crippen LogP contribution is -2.31. The van der Waals surface area contributed by atoms with Gasteiger partial charge in [0.1, 0.15) is 0 Å². The topological polar surface area (TPSA) is 58.6 Å². The molecule has 2 rings (SSSR count). The molecule has 1 atom stereocenters. The molecule has 0 radical (unpaired) electrons. The molecule has 0 aromatic heterocycles. The maximum atomic E-state index is 11.8. The van der Waals surface area contributed by atoms with Gasteiger partial charge in [-0.2, -0.15) is 0 Å². The number of nitrogens with one attached hydrogen (secondary N) is 1. The van der Waals surface area contributed by atoms with E-state index in [1.54, 1.807) is 30.3 Å². The molecule has 2 aromatic carbocycles. The average molecular weight is 306 g/mol. The Labute approximate surface area is 128 Å². The van der Waals surface area contributed by atoms with Gasteiger partial charge in [0, 0.05) is 5.02 Å². The average Bonchev–Trinajstić information content (AvgIpc) is 2.46. The van der Waals surface area contributed by atoms with E-state index >= 15 is 0 Å². The first-order valence-corrected chi connectivity index (χ1v) is 6.89. The number of aromatic hydroxyl groups is 1. The monoisotopic (exact) mass is 305 g/mol. The minimum atomic E-state index is -0.272. The van der Waals surface area contributed by atoms with Gasteiger partial charge < -0.3 is 15.2 Å². The number of hydrogen-bond donors (Lipinski definition) is 2. The number of ether oxygens (including phenoxy) is 1. The van der Waals surface area contributed by atoms with E-state index in [-0.39, 0.29) is 30.1 Å². The highest BCUT2D eigenvalue weighted by Crippen LogP contribution is 2.24. The number of phenolic OH excluding ortho intramolecular Hbond substituents is 1. The van der Waals surface area contributed by atoms with Gasteiger partial charge in [0.25, 0.3) is 5.91 Å². The predicted molar refractivity (Wildman–Crippen MR) is 81.6 cm³/mol. The van der Waals surface area contributed by atoms with E-state index in [1.165, 1.54) is 6.07 Å². The molecule has 1 amide bonds. The second kappa shape index (κ2) is 6.99. The number of carbonyl (C=O) groups excluding carboxylic acids is 1. The molecule has 0 fully saturated rings. The Balaban J connectivity index is 1.89. The lowest BCUT2D eigenvalue weighted by molar-refractivity contribution is -0.123. The third kappa shape index (κ3) is 4.39. The zero-order valence-electron chi connectivity index (χ0n) is 11.5. The zero-order chi connectivity index (χ0) is 15.2. The van der Waals surface area contributed by atoms with Crippen molar-refractivity contribution in [3.63, 3.8) is 0 Å². The van der Waals surface area contributed by atoms with E-state index < -0.39 is 0 Å². The number of benzene rings is 2. The van der Waals surface area contributed by atoms with Crippen LogP contribution in [-0.4, -0.2) is 17.6 Å². The Morgan fingerprint density at radius 2 is 2.05 bits per heavy atom. The standard InChI is InChI=1S/C16H16ClNO3/c1-11(12-5-4-6-13(17)9-12)18-16(20)10-21-15-8-3-2-7-14(15)19/h2-9,11,19H,10H2,1H3,(H,18,20).